The molecule has 2 aliphatic rings. The normalized spacial score (nSPS) is 49.2. The van der Waals surface area contributed by atoms with Crippen molar-refractivity contribution in [3.05, 3.63) is 0 Å². The highest BCUT2D eigenvalue weighted by molar-refractivity contribution is 4.81. The summed E-state index contributed by atoms with van der Waals surface area (Å²) in [6.07, 6.45) is 0.625. The van der Waals surface area contributed by atoms with Crippen LogP contribution in [0, 0.1) is 35.5 Å². The van der Waals surface area contributed by atoms with Crippen molar-refractivity contribution in [3.63, 3.8) is 0 Å². The van der Waals surface area contributed by atoms with Crippen LogP contribution in [0.2, 0.25) is 0 Å². The average Bonchev–Trinajstić information content (AvgIpc) is 2.58. The largest absolute Gasteiger partial charge is 0.356 e. The van der Waals surface area contributed by atoms with E-state index in [-0.39, 0.29) is 12.6 Å². The first kappa shape index (κ1) is 21.9. The Morgan fingerprint density at radius 1 is 0.458 bits per heavy atom. The fraction of sp³-hybridized carbons (Fsp3) is 1.00. The quantitative estimate of drug-likeness (QED) is 0.735. The maximum Gasteiger partial charge on any atom is 0.160 e. The molecule has 0 aromatic heterocycles. The van der Waals surface area contributed by atoms with Crippen LogP contribution in [-0.2, 0) is 18.9 Å². The first-order valence-electron chi connectivity index (χ1n) is 9.52. The molecule has 4 nitrogen and oxygen atoms in total. The molecule has 0 amide bonds. The summed E-state index contributed by atoms with van der Waals surface area (Å²) in [6.45, 7) is 17.7. The van der Waals surface area contributed by atoms with Crippen LogP contribution in [0.3, 0.4) is 0 Å². The van der Waals surface area contributed by atoms with Crippen LogP contribution in [-0.4, -0.2) is 39.0 Å². The lowest BCUT2D eigenvalue weighted by atomic mass is 9.79. The van der Waals surface area contributed by atoms with E-state index in [0.717, 1.165) is 0 Å². The summed E-state index contributed by atoms with van der Waals surface area (Å²) in [7, 11) is 3.44. The van der Waals surface area contributed by atoms with E-state index in [0.29, 0.717) is 47.7 Å². The molecular weight excluding hydrogens is 304 g/mol. The summed E-state index contributed by atoms with van der Waals surface area (Å²) in [4.78, 5) is 0. The van der Waals surface area contributed by atoms with E-state index in [1.54, 1.807) is 14.2 Å². The second-order valence-electron chi connectivity index (χ2n) is 8.05. The third kappa shape index (κ3) is 4.94. The van der Waals surface area contributed by atoms with Gasteiger partial charge in [0.25, 0.3) is 0 Å². The van der Waals surface area contributed by atoms with Gasteiger partial charge in [0, 0.05) is 26.1 Å². The molecule has 2 heterocycles. The van der Waals surface area contributed by atoms with Crippen LogP contribution >= 0.6 is 0 Å². The van der Waals surface area contributed by atoms with Crippen LogP contribution in [0.5, 0.6) is 0 Å². The van der Waals surface area contributed by atoms with Crippen LogP contribution in [0.15, 0.2) is 0 Å². The van der Waals surface area contributed by atoms with E-state index in [9.17, 15) is 0 Å². The van der Waals surface area contributed by atoms with Crippen molar-refractivity contribution in [3.8, 4) is 0 Å². The summed E-state index contributed by atoms with van der Waals surface area (Å²) in [5.74, 6) is 3.62. The van der Waals surface area contributed by atoms with Gasteiger partial charge < -0.3 is 18.9 Å². The molecular formula is C20H40O4. The second kappa shape index (κ2) is 9.51. The molecule has 24 heavy (non-hydrogen) atoms. The van der Waals surface area contributed by atoms with Crippen LogP contribution in [0.1, 0.15) is 55.4 Å². The minimum Gasteiger partial charge on any atom is -0.356 e. The van der Waals surface area contributed by atoms with E-state index in [1.807, 2.05) is 0 Å². The van der Waals surface area contributed by atoms with Gasteiger partial charge in [-0.05, 0) is 37.5 Å². The molecule has 2 fully saturated rings. The minimum absolute atomic E-state index is 0.00815. The topological polar surface area (TPSA) is 36.9 Å². The molecule has 4 heteroatoms. The Kier molecular flexibility index (Phi) is 8.67. The molecule has 0 aromatic carbocycles. The van der Waals surface area contributed by atoms with Crippen molar-refractivity contribution in [2.24, 2.45) is 35.5 Å². The molecule has 10 atom stereocenters. The number of ether oxygens (including phenoxy) is 4. The summed E-state index contributed by atoms with van der Waals surface area (Å²) >= 11 is 0. The van der Waals surface area contributed by atoms with Gasteiger partial charge in [0.15, 0.2) is 12.6 Å². The molecule has 0 aliphatic carbocycles. The van der Waals surface area contributed by atoms with E-state index < -0.39 is 0 Å². The molecule has 0 spiro atoms. The lowest BCUT2D eigenvalue weighted by Crippen LogP contribution is -2.44. The monoisotopic (exact) mass is 344 g/mol. The number of hydrogen-bond donors (Lipinski definition) is 0. The van der Waals surface area contributed by atoms with Gasteiger partial charge >= 0.3 is 0 Å². The van der Waals surface area contributed by atoms with Gasteiger partial charge in [0.05, 0.1) is 12.2 Å². The summed E-state index contributed by atoms with van der Waals surface area (Å²) in [6, 6.07) is 0. The van der Waals surface area contributed by atoms with Gasteiger partial charge in [0.1, 0.15) is 0 Å². The predicted octanol–water partition coefficient (Wildman–Crippen LogP) is 4.57. The van der Waals surface area contributed by atoms with Crippen molar-refractivity contribution in [2.45, 2.75) is 80.2 Å². The van der Waals surface area contributed by atoms with Crippen molar-refractivity contribution >= 4 is 0 Å². The van der Waals surface area contributed by atoms with Crippen molar-refractivity contribution in [1.29, 1.82) is 0 Å². The third-order valence-electron chi connectivity index (χ3n) is 6.82. The Morgan fingerprint density at radius 3 is 1.00 bits per heavy atom. The van der Waals surface area contributed by atoms with Gasteiger partial charge in [-0.25, -0.2) is 0 Å². The second-order valence-corrected chi connectivity index (χ2v) is 8.05. The molecule has 144 valence electrons. The number of hydrogen-bond acceptors (Lipinski definition) is 4. The lowest BCUT2D eigenvalue weighted by molar-refractivity contribution is -0.232. The Balaban J connectivity index is 0.000000240. The standard InChI is InChI=1S/2C10H20O2/c2*1-6-7(2)9(4)12-10(11-5)8(6)3/h2*6-10H,1-5H3. The first-order chi connectivity index (χ1) is 11.1. The molecule has 10 unspecified atom stereocenters. The van der Waals surface area contributed by atoms with Gasteiger partial charge in [-0.2, -0.15) is 0 Å². The van der Waals surface area contributed by atoms with Crippen molar-refractivity contribution < 1.29 is 18.9 Å². The fourth-order valence-electron chi connectivity index (χ4n) is 3.77. The molecule has 0 aromatic rings. The van der Waals surface area contributed by atoms with Gasteiger partial charge in [-0.15, -0.1) is 0 Å². The Hall–Kier alpha value is -0.160. The zero-order chi connectivity index (χ0) is 18.6. The molecule has 0 saturated carbocycles. The lowest BCUT2D eigenvalue weighted by Gasteiger charge is -2.41. The zero-order valence-electron chi connectivity index (χ0n) is 17.4. The van der Waals surface area contributed by atoms with Gasteiger partial charge in [-0.1, -0.05) is 41.5 Å². The third-order valence-corrected chi connectivity index (χ3v) is 6.82. The maximum atomic E-state index is 5.71. The Labute approximate surface area is 149 Å². The van der Waals surface area contributed by atoms with Gasteiger partial charge in [0.2, 0.25) is 0 Å². The van der Waals surface area contributed by atoms with E-state index in [4.69, 9.17) is 18.9 Å². The average molecular weight is 345 g/mol. The molecule has 0 N–H and O–H groups in total. The molecule has 2 aliphatic heterocycles. The van der Waals surface area contributed by atoms with E-state index >= 15 is 0 Å². The first-order valence-corrected chi connectivity index (χ1v) is 9.52. The Morgan fingerprint density at radius 2 is 0.750 bits per heavy atom. The molecule has 0 radical (unpaired) electrons. The highest BCUT2D eigenvalue weighted by Crippen LogP contribution is 2.35. The van der Waals surface area contributed by atoms with Crippen molar-refractivity contribution in [2.75, 3.05) is 14.2 Å². The smallest absolute Gasteiger partial charge is 0.160 e. The minimum atomic E-state index is -0.00815. The van der Waals surface area contributed by atoms with Crippen LogP contribution < -0.4 is 0 Å². The summed E-state index contributed by atoms with van der Waals surface area (Å²) in [5.41, 5.74) is 0. The number of rotatable bonds is 2. The van der Waals surface area contributed by atoms with Crippen molar-refractivity contribution in [1.82, 2.24) is 0 Å². The molecule has 2 saturated heterocycles. The highest BCUT2D eigenvalue weighted by Gasteiger charge is 2.37. The van der Waals surface area contributed by atoms with Crippen LogP contribution in [0.25, 0.3) is 0 Å². The zero-order valence-corrected chi connectivity index (χ0v) is 17.4. The summed E-state index contributed by atoms with van der Waals surface area (Å²) < 4.78 is 22.0. The highest BCUT2D eigenvalue weighted by atomic mass is 16.7. The predicted molar refractivity (Wildman–Crippen MR) is 97.7 cm³/mol. The maximum absolute atomic E-state index is 5.71. The SMILES string of the molecule is COC1OC(C)C(C)C(C)C1C.COC1OC(C)C(C)C(C)C1C. The fourth-order valence-corrected chi connectivity index (χ4v) is 3.77. The number of methoxy groups -OCH3 is 2. The van der Waals surface area contributed by atoms with Crippen LogP contribution in [0.4, 0.5) is 0 Å². The van der Waals surface area contributed by atoms with E-state index in [1.165, 1.54) is 0 Å². The van der Waals surface area contributed by atoms with E-state index in [2.05, 4.69) is 55.4 Å². The summed E-state index contributed by atoms with van der Waals surface area (Å²) in [5, 5.41) is 0. The van der Waals surface area contributed by atoms with Gasteiger partial charge in [-0.3, -0.25) is 0 Å². The molecule has 0 bridgehead atoms. The molecule has 2 rings (SSSR count). The Bertz CT molecular complexity index is 318.